The van der Waals surface area contributed by atoms with Gasteiger partial charge in [0.25, 0.3) is 0 Å². The van der Waals surface area contributed by atoms with Crippen molar-refractivity contribution in [1.29, 1.82) is 0 Å². The molecule has 0 atom stereocenters. The Labute approximate surface area is 193 Å². The number of aryl methyl sites for hydroxylation is 1. The first kappa shape index (κ1) is 23.4. The molecule has 9 nitrogen and oxygen atoms in total. The third kappa shape index (κ3) is 6.38. The Morgan fingerprint density at radius 2 is 1.97 bits per heavy atom. The zero-order valence-electron chi connectivity index (χ0n) is 18.3. The maximum atomic E-state index is 12.9. The lowest BCUT2D eigenvalue weighted by Gasteiger charge is -2.28. The van der Waals surface area contributed by atoms with Crippen molar-refractivity contribution in [2.45, 2.75) is 19.7 Å². The van der Waals surface area contributed by atoms with E-state index in [-0.39, 0.29) is 18.4 Å². The van der Waals surface area contributed by atoms with Crippen molar-refractivity contribution in [2.75, 3.05) is 36.6 Å². The summed E-state index contributed by atoms with van der Waals surface area (Å²) in [4.78, 5) is 18.0. The second-order valence-corrected chi connectivity index (χ2v) is 7.42. The molecule has 1 N–H and O–H groups in total. The van der Waals surface area contributed by atoms with Crippen molar-refractivity contribution >= 4 is 17.9 Å². The summed E-state index contributed by atoms with van der Waals surface area (Å²) in [6, 6.07) is 10.3. The van der Waals surface area contributed by atoms with E-state index in [1.54, 1.807) is 12.3 Å². The van der Waals surface area contributed by atoms with E-state index in [1.165, 1.54) is 0 Å². The number of nitrogens with zero attached hydrogens (tertiary/aromatic N) is 6. The van der Waals surface area contributed by atoms with Gasteiger partial charge < -0.3 is 14.4 Å². The Morgan fingerprint density at radius 1 is 1.15 bits per heavy atom. The summed E-state index contributed by atoms with van der Waals surface area (Å²) in [5.74, 6) is 0.800. The maximum absolute atomic E-state index is 12.9. The van der Waals surface area contributed by atoms with Crippen molar-refractivity contribution in [3.05, 3.63) is 65.2 Å². The normalized spacial score (nSPS) is 14.4. The standard InChI is InChI=1S/C22H22F3N7O2/c1-15-3-2-4-16(11-15)13-27-31-18-12-20(32-7-9-33-10-8-32)30-21(29-18)34-14-19-26-6-5-17(28-19)22(23,24)25/h2-6,11-13H,7-10,14H2,1H3,(H,29,30,31)/b27-13+. The van der Waals surface area contributed by atoms with Gasteiger partial charge in [-0.15, -0.1) is 0 Å². The highest BCUT2D eigenvalue weighted by Gasteiger charge is 2.32. The number of hydrogen-bond acceptors (Lipinski definition) is 9. The van der Waals surface area contributed by atoms with Gasteiger partial charge in [0, 0.05) is 25.4 Å². The van der Waals surface area contributed by atoms with E-state index in [9.17, 15) is 13.2 Å². The maximum Gasteiger partial charge on any atom is 0.433 e. The Balaban J connectivity index is 1.52. The number of alkyl halides is 3. The number of anilines is 2. The van der Waals surface area contributed by atoms with Gasteiger partial charge in [-0.05, 0) is 18.6 Å². The number of rotatable bonds is 7. The first-order chi connectivity index (χ1) is 16.4. The van der Waals surface area contributed by atoms with Crippen LogP contribution in [0.4, 0.5) is 24.8 Å². The van der Waals surface area contributed by atoms with Crippen LogP contribution in [0.15, 0.2) is 47.7 Å². The van der Waals surface area contributed by atoms with Gasteiger partial charge in [0.15, 0.2) is 18.2 Å². The Morgan fingerprint density at radius 3 is 2.74 bits per heavy atom. The number of ether oxygens (including phenoxy) is 2. The van der Waals surface area contributed by atoms with Crippen molar-refractivity contribution in [3.8, 4) is 6.01 Å². The Bertz CT molecular complexity index is 1150. The SMILES string of the molecule is Cc1cccc(/C=N/Nc2cc(N3CCOCC3)nc(OCc3nccc(C(F)(F)F)n3)n2)c1. The monoisotopic (exact) mass is 473 g/mol. The zero-order chi connectivity index (χ0) is 24.0. The second kappa shape index (κ2) is 10.4. The summed E-state index contributed by atoms with van der Waals surface area (Å²) in [5.41, 5.74) is 3.83. The van der Waals surface area contributed by atoms with Crippen LogP contribution >= 0.6 is 0 Å². The van der Waals surface area contributed by atoms with Gasteiger partial charge in [0.1, 0.15) is 11.5 Å². The summed E-state index contributed by atoms with van der Waals surface area (Å²) in [6.45, 7) is 4.00. The first-order valence-electron chi connectivity index (χ1n) is 10.5. The minimum absolute atomic E-state index is 0.0433. The smallest absolute Gasteiger partial charge is 0.433 e. The number of hydrazone groups is 1. The molecular formula is C22H22F3N7O2. The van der Waals surface area contributed by atoms with Gasteiger partial charge in [0.2, 0.25) is 0 Å². The molecule has 0 unspecified atom stereocenters. The number of benzene rings is 1. The number of hydrogen-bond donors (Lipinski definition) is 1. The van der Waals surface area contributed by atoms with E-state index in [4.69, 9.17) is 9.47 Å². The third-order valence-electron chi connectivity index (χ3n) is 4.79. The Kier molecular flexibility index (Phi) is 7.16. The highest BCUT2D eigenvalue weighted by molar-refractivity contribution is 5.80. The first-order valence-corrected chi connectivity index (χ1v) is 10.5. The molecule has 34 heavy (non-hydrogen) atoms. The highest BCUT2D eigenvalue weighted by atomic mass is 19.4. The van der Waals surface area contributed by atoms with E-state index in [2.05, 4.69) is 30.5 Å². The van der Waals surface area contributed by atoms with Crippen LogP contribution in [0, 0.1) is 6.92 Å². The molecule has 3 aromatic rings. The average molecular weight is 473 g/mol. The second-order valence-electron chi connectivity index (χ2n) is 7.42. The van der Waals surface area contributed by atoms with Crippen molar-refractivity contribution in [2.24, 2.45) is 5.10 Å². The summed E-state index contributed by atoms with van der Waals surface area (Å²) in [5, 5.41) is 4.22. The molecule has 4 rings (SSSR count). The van der Waals surface area contributed by atoms with Gasteiger partial charge in [-0.2, -0.15) is 28.2 Å². The minimum atomic E-state index is -4.57. The molecule has 3 heterocycles. The lowest BCUT2D eigenvalue weighted by molar-refractivity contribution is -0.141. The fourth-order valence-corrected chi connectivity index (χ4v) is 3.17. The van der Waals surface area contributed by atoms with Gasteiger partial charge in [-0.1, -0.05) is 29.8 Å². The van der Waals surface area contributed by atoms with Crippen LogP contribution in [-0.2, 0) is 17.5 Å². The Hall–Kier alpha value is -3.80. The third-order valence-corrected chi connectivity index (χ3v) is 4.79. The van der Waals surface area contributed by atoms with E-state index in [1.807, 2.05) is 36.1 Å². The molecule has 0 aliphatic carbocycles. The fraction of sp³-hybridized carbons (Fsp3) is 0.318. The average Bonchev–Trinajstić information content (AvgIpc) is 2.83. The van der Waals surface area contributed by atoms with Gasteiger partial charge in [-0.3, -0.25) is 5.43 Å². The molecule has 0 spiro atoms. The molecule has 1 saturated heterocycles. The molecule has 1 aromatic carbocycles. The van der Waals surface area contributed by atoms with E-state index in [0.717, 1.165) is 23.4 Å². The zero-order valence-corrected chi connectivity index (χ0v) is 18.3. The molecule has 1 fully saturated rings. The van der Waals surface area contributed by atoms with Crippen LogP contribution < -0.4 is 15.1 Å². The van der Waals surface area contributed by atoms with Crippen LogP contribution in [0.1, 0.15) is 22.6 Å². The fourth-order valence-electron chi connectivity index (χ4n) is 3.17. The predicted molar refractivity (Wildman–Crippen MR) is 119 cm³/mol. The van der Waals surface area contributed by atoms with Gasteiger partial charge in [0.05, 0.1) is 19.4 Å². The molecule has 178 valence electrons. The summed E-state index contributed by atoms with van der Waals surface area (Å²) < 4.78 is 49.7. The van der Waals surface area contributed by atoms with Crippen molar-refractivity contribution in [1.82, 2.24) is 19.9 Å². The molecular weight excluding hydrogens is 451 g/mol. The summed E-state index contributed by atoms with van der Waals surface area (Å²) in [6.07, 6.45) is -1.89. The van der Waals surface area contributed by atoms with Crippen molar-refractivity contribution in [3.63, 3.8) is 0 Å². The van der Waals surface area contributed by atoms with E-state index >= 15 is 0 Å². The summed E-state index contributed by atoms with van der Waals surface area (Å²) in [7, 11) is 0. The summed E-state index contributed by atoms with van der Waals surface area (Å²) >= 11 is 0. The van der Waals surface area contributed by atoms with Crippen LogP contribution in [0.3, 0.4) is 0 Å². The highest BCUT2D eigenvalue weighted by Crippen LogP contribution is 2.27. The van der Waals surface area contributed by atoms with Crippen molar-refractivity contribution < 1.29 is 22.6 Å². The molecule has 0 saturated carbocycles. The van der Waals surface area contributed by atoms with Crippen LogP contribution in [0.2, 0.25) is 0 Å². The molecule has 1 aliphatic rings. The number of halogens is 3. The quantitative estimate of drug-likeness (QED) is 0.412. The largest absolute Gasteiger partial charge is 0.455 e. The van der Waals surface area contributed by atoms with E-state index < -0.39 is 11.9 Å². The molecule has 0 radical (unpaired) electrons. The van der Waals surface area contributed by atoms with Crippen LogP contribution in [0.25, 0.3) is 0 Å². The van der Waals surface area contributed by atoms with E-state index in [0.29, 0.717) is 37.9 Å². The topological polar surface area (TPSA) is 97.7 Å². The predicted octanol–water partition coefficient (Wildman–Crippen LogP) is 3.46. The number of morpholine rings is 1. The lowest BCUT2D eigenvalue weighted by Crippen LogP contribution is -2.36. The molecule has 12 heteroatoms. The molecule has 2 aromatic heterocycles. The lowest BCUT2D eigenvalue weighted by atomic mass is 10.2. The molecule has 0 amide bonds. The van der Waals surface area contributed by atoms with Crippen LogP contribution in [0.5, 0.6) is 6.01 Å². The number of aromatic nitrogens is 4. The molecule has 0 bridgehead atoms. The molecule has 1 aliphatic heterocycles. The van der Waals surface area contributed by atoms with Crippen LogP contribution in [-0.4, -0.2) is 52.5 Å². The minimum Gasteiger partial charge on any atom is -0.455 e. The van der Waals surface area contributed by atoms with Gasteiger partial charge in [-0.25, -0.2) is 9.97 Å². The van der Waals surface area contributed by atoms with Gasteiger partial charge >= 0.3 is 12.2 Å². The number of nitrogens with one attached hydrogen (secondary N) is 1.